The van der Waals surface area contributed by atoms with Gasteiger partial charge >= 0.3 is 0 Å². The Kier molecular flexibility index (Phi) is 28.6. The number of pyridine rings is 4. The zero-order chi connectivity index (χ0) is 96.9. The Morgan fingerprint density at radius 2 is 0.445 bits per heavy atom. The molecule has 146 heavy (non-hydrogen) atoms. The third-order valence-electron chi connectivity index (χ3n) is 24.8. The Bertz CT molecular complexity index is 7750. The second kappa shape index (κ2) is 41.3. The standard InChI is InChI=1S/2C27H15NO3P.2C27H15NO2PS.2C5H8O2.4Ir/c2*29-32-25-11-5-3-9-21(25)30-23-15-18(20-14-13-17-7-1-2-8-19(17)28-20)16-24(27(23)32)31-22-10-4-6-12-26(22)32;2*32-31-25-11-5-3-9-21(25)29-23-15-18(20-14-13-17-7-1-2-8-19(17)28-20)16-24(27(23)31)30-22-10-4-6-12-26(22)31;2*1-4(6)3-5(2)7;;;;/h4*1-15H;2*3,6H,1-2H3;;;;/q4*-1;;;;;;. The summed E-state index contributed by atoms with van der Waals surface area (Å²) in [7, 11) is -6.33. The van der Waals surface area contributed by atoms with E-state index in [9.17, 15) is 18.7 Å². The van der Waals surface area contributed by atoms with E-state index >= 15 is 0 Å². The van der Waals surface area contributed by atoms with Gasteiger partial charge in [-0.25, -0.2) is 0 Å². The molecular weight excluding hydrogens is 2650 g/mol. The average Bonchev–Trinajstić information content (AvgIpc) is 0.711. The summed E-state index contributed by atoms with van der Waals surface area (Å²) in [6.07, 6.45) is 2.33. The summed E-state index contributed by atoms with van der Waals surface area (Å²) in [5, 5.41) is 31.1. The van der Waals surface area contributed by atoms with Crippen molar-refractivity contribution >= 4 is 169 Å². The van der Waals surface area contributed by atoms with E-state index in [-0.39, 0.29) is 104 Å². The number of ketones is 2. The normalized spacial score (nSPS) is 16.4. The number of hydrogen-bond donors (Lipinski definition) is 2. The molecule has 8 aliphatic rings. The molecule has 0 saturated carbocycles. The predicted molar refractivity (Wildman–Crippen MR) is 570 cm³/mol. The van der Waals surface area contributed by atoms with Gasteiger partial charge in [-0.05, 0) is 180 Å². The number of allylic oxidation sites excluding steroid dienone is 4. The number of rotatable bonds is 6. The van der Waals surface area contributed by atoms with Gasteiger partial charge in [0.25, 0.3) is 0 Å². The van der Waals surface area contributed by atoms with E-state index in [1.165, 1.54) is 39.8 Å². The molecule has 4 radical (unpaired) electrons. The van der Waals surface area contributed by atoms with Crippen LogP contribution in [0, 0.1) is 24.3 Å². The van der Waals surface area contributed by atoms with Crippen LogP contribution < -0.4 is 102 Å². The molecule has 0 aliphatic carbocycles. The summed E-state index contributed by atoms with van der Waals surface area (Å²) in [5.41, 5.74) is 9.92. The maximum absolute atomic E-state index is 14.8. The van der Waals surface area contributed by atoms with Crippen molar-refractivity contribution in [3.63, 3.8) is 0 Å². The van der Waals surface area contributed by atoms with E-state index < -0.39 is 26.4 Å². The quantitative estimate of drug-likeness (QED) is 0.0681. The Balaban J connectivity index is 0.000000116. The molecule has 18 nitrogen and oxygen atoms in total. The molecule has 28 heteroatoms. The zero-order valence-corrected chi connectivity index (χ0v) is 92.1. The molecule has 724 valence electrons. The molecule has 8 aliphatic heterocycles. The van der Waals surface area contributed by atoms with Crippen LogP contribution in [0.2, 0.25) is 0 Å². The first-order valence-electron chi connectivity index (χ1n) is 45.4. The number of para-hydroxylation sites is 12. The van der Waals surface area contributed by atoms with Crippen molar-refractivity contribution in [2.45, 2.75) is 27.7 Å². The van der Waals surface area contributed by atoms with Crippen LogP contribution in [0.5, 0.6) is 92.0 Å². The number of aliphatic hydroxyl groups is 2. The van der Waals surface area contributed by atoms with E-state index in [1.807, 2.05) is 315 Å². The fourth-order valence-electron chi connectivity index (χ4n) is 18.7. The smallest absolute Gasteiger partial charge is 0.155 e. The van der Waals surface area contributed by atoms with Gasteiger partial charge in [0.2, 0.25) is 0 Å². The molecule has 2 N–H and O–H groups in total. The van der Waals surface area contributed by atoms with Gasteiger partial charge in [-0.1, -0.05) is 315 Å². The number of carbonyl (C=O) groups is 2. The molecule has 16 aromatic carbocycles. The average molecular weight is 2730 g/mol. The number of benzene rings is 16. The van der Waals surface area contributed by atoms with Crippen LogP contribution in [0.3, 0.4) is 0 Å². The van der Waals surface area contributed by atoms with Crippen molar-refractivity contribution < 1.29 is 147 Å². The SMILES string of the molecule is CC(=O)C=C(C)O.CC(=O)C=C(C)O.O=P12c3ccccc3Oc3[c-]c(-c4ccc5ccccc5n4)cc(c31)Oc1ccccc12.O=P12c3ccccc3Oc3[c-]c(-c4ccc5ccccc5n4)cc(c31)Oc1ccccc12.S=P12c3ccccc3Oc3[c-]c(-c4ccc5ccccc5n4)cc(c31)Oc1ccccc12.S=P12c3ccccc3Oc3[c-]c(-c4ccc5ccccc5n4)cc(c31)Oc1ccccc12.[Ir].[Ir].[Ir].[Ir]. The van der Waals surface area contributed by atoms with Gasteiger partial charge in [-0.15, -0.1) is 22.3 Å². The van der Waals surface area contributed by atoms with Crippen molar-refractivity contribution in [2.24, 2.45) is 0 Å². The Morgan fingerprint density at radius 1 is 0.253 bits per heavy atom. The van der Waals surface area contributed by atoms with Crippen molar-refractivity contribution in [1.29, 1.82) is 0 Å². The van der Waals surface area contributed by atoms with E-state index in [2.05, 4.69) is 72.8 Å². The van der Waals surface area contributed by atoms with Gasteiger partial charge in [0, 0.05) is 136 Å². The number of ether oxygens (including phenoxy) is 8. The second-order valence-electron chi connectivity index (χ2n) is 34.2. The van der Waals surface area contributed by atoms with E-state index in [0.29, 0.717) is 89.3 Å². The van der Waals surface area contributed by atoms with E-state index in [1.54, 1.807) is 0 Å². The van der Waals surface area contributed by atoms with Gasteiger partial charge in [0.05, 0.1) is 101 Å². The first-order chi connectivity index (χ1) is 69.1. The van der Waals surface area contributed by atoms with Crippen LogP contribution in [-0.4, -0.2) is 41.7 Å². The molecule has 20 aromatic rings. The topological polar surface area (TPSA) is 234 Å². The second-order valence-corrected chi connectivity index (χ2v) is 48.0. The molecule has 0 bridgehead atoms. The summed E-state index contributed by atoms with van der Waals surface area (Å²) >= 11 is 13.0. The number of aliphatic hydroxyl groups excluding tert-OH is 2. The van der Waals surface area contributed by atoms with E-state index in [0.717, 1.165) is 155 Å². The van der Waals surface area contributed by atoms with Crippen LogP contribution >= 0.6 is 26.4 Å². The van der Waals surface area contributed by atoms with Crippen LogP contribution in [-0.2, 0) is 123 Å². The van der Waals surface area contributed by atoms with Crippen molar-refractivity contribution in [1.82, 2.24) is 19.9 Å². The molecule has 0 amide bonds. The van der Waals surface area contributed by atoms with Crippen molar-refractivity contribution in [2.75, 3.05) is 0 Å². The van der Waals surface area contributed by atoms with Crippen molar-refractivity contribution in [3.8, 4) is 137 Å². The fraction of sp³-hybridized carbons (Fsp3) is 0.0339. The molecule has 0 saturated heterocycles. The summed E-state index contributed by atoms with van der Waals surface area (Å²) in [4.78, 5) is 39.3. The molecule has 4 atom stereocenters. The third kappa shape index (κ3) is 18.2. The number of nitrogens with zero attached hydrogens (tertiary/aromatic N) is 4. The molecule has 28 rings (SSSR count). The minimum atomic E-state index is -3.17. The minimum absolute atomic E-state index is 0. The Hall–Kier alpha value is -13.7. The van der Waals surface area contributed by atoms with Crippen LogP contribution in [0.25, 0.3) is 88.6 Å². The first-order valence-corrected chi connectivity index (χ1v) is 54.4. The molecule has 4 unspecified atom stereocenters. The molecule has 12 heterocycles. The fourth-order valence-corrected chi connectivity index (χ4v) is 33.6. The third-order valence-corrected chi connectivity index (χ3v) is 40.9. The maximum Gasteiger partial charge on any atom is 0.155 e. The van der Waals surface area contributed by atoms with Gasteiger partial charge in [0.1, 0.15) is 60.3 Å². The molecule has 4 aromatic heterocycles. The van der Waals surface area contributed by atoms with Gasteiger partial charge in [0.15, 0.2) is 11.6 Å². The Labute approximate surface area is 904 Å². The molecule has 0 fully saturated rings. The maximum atomic E-state index is 14.8. The summed E-state index contributed by atoms with van der Waals surface area (Å²) in [6, 6.07) is 127. The summed E-state index contributed by atoms with van der Waals surface area (Å²) in [6.45, 7) is 5.70. The minimum Gasteiger partial charge on any atom is -0.512 e. The van der Waals surface area contributed by atoms with Crippen LogP contribution in [0.4, 0.5) is 0 Å². The number of carbonyl (C=O) groups excluding carboxylic acids is 2. The summed E-state index contributed by atoms with van der Waals surface area (Å²) in [5.74, 6) is 10.2. The summed E-state index contributed by atoms with van der Waals surface area (Å²) < 4.78 is 80.0. The first kappa shape index (κ1) is 101. The number of fused-ring (bicyclic) bond motifs is 20. The van der Waals surface area contributed by atoms with Gasteiger partial charge < -0.3 is 57.2 Å². The van der Waals surface area contributed by atoms with E-state index in [4.69, 9.17) is 91.7 Å². The number of aromatic nitrogens is 4. The molecular formula is C118H76Ir4N4O14P4S2-4. The largest absolute Gasteiger partial charge is 0.512 e. The monoisotopic (exact) mass is 2730 g/mol. The number of hydrogen-bond acceptors (Lipinski definition) is 20. The predicted octanol–water partition coefficient (Wildman–Crippen LogP) is 24.5. The van der Waals surface area contributed by atoms with Gasteiger partial charge in [-0.3, -0.25) is 29.5 Å². The van der Waals surface area contributed by atoms with Crippen LogP contribution in [0.1, 0.15) is 27.7 Å². The van der Waals surface area contributed by atoms with Crippen LogP contribution in [0.15, 0.2) is 388 Å². The zero-order valence-electron chi connectivity index (χ0n) is 77.3. The van der Waals surface area contributed by atoms with Crippen molar-refractivity contribution in [3.05, 3.63) is 412 Å². The Morgan fingerprint density at radius 3 is 0.678 bits per heavy atom. The van der Waals surface area contributed by atoms with Gasteiger partial charge in [-0.2, -0.15) is 0 Å². The molecule has 0 spiro atoms.